The van der Waals surface area contributed by atoms with Gasteiger partial charge in [-0.25, -0.2) is 13.8 Å². The van der Waals surface area contributed by atoms with Crippen molar-refractivity contribution in [3.63, 3.8) is 0 Å². The number of nitrogens with zero attached hydrogens (tertiary/aromatic N) is 2. The van der Waals surface area contributed by atoms with Gasteiger partial charge in [0.1, 0.15) is 12.3 Å². The second-order valence-electron chi connectivity index (χ2n) is 6.46. The molecule has 0 atom stereocenters. The number of hydrogen-bond donors (Lipinski definition) is 1. The van der Waals surface area contributed by atoms with E-state index in [1.54, 1.807) is 49.4 Å². The van der Waals surface area contributed by atoms with Crippen LogP contribution in [0.25, 0.3) is 0 Å². The van der Waals surface area contributed by atoms with Crippen molar-refractivity contribution in [1.82, 2.24) is 5.43 Å². The second-order valence-corrected chi connectivity index (χ2v) is 9.27. The van der Waals surface area contributed by atoms with E-state index < -0.39 is 22.5 Å². The molecule has 0 aliphatic rings. The molecule has 3 aromatic rings. The molecule has 0 unspecified atom stereocenters. The van der Waals surface area contributed by atoms with Crippen molar-refractivity contribution in [3.8, 4) is 5.75 Å². The molecule has 3 rings (SSSR count). The fourth-order valence-corrected chi connectivity index (χ4v) is 4.88. The maximum absolute atomic E-state index is 13.3. The highest BCUT2D eigenvalue weighted by molar-refractivity contribution is 7.92. The standard InChI is InChI=1S/C22H23N3O4S2/c1-3-29-19-13-11-18(12-14-19)25(31(27,28)20-8-5-4-6-9-20)16-22(26)24-23-17(2)21-10-7-15-30-21/h4-15H,3,16H2,1-2H3,(H,24,26)/b23-17-. The van der Waals surface area contributed by atoms with Gasteiger partial charge in [0.2, 0.25) is 0 Å². The lowest BCUT2D eigenvalue weighted by atomic mass is 10.3. The smallest absolute Gasteiger partial charge is 0.264 e. The van der Waals surface area contributed by atoms with E-state index in [1.165, 1.54) is 23.5 Å². The van der Waals surface area contributed by atoms with Crippen molar-refractivity contribution in [3.05, 3.63) is 77.0 Å². The molecular formula is C22H23N3O4S2. The molecular weight excluding hydrogens is 434 g/mol. The molecule has 0 saturated heterocycles. The van der Waals surface area contributed by atoms with Gasteiger partial charge in [0.05, 0.1) is 22.9 Å². The lowest BCUT2D eigenvalue weighted by Gasteiger charge is -2.24. The molecule has 1 heterocycles. The van der Waals surface area contributed by atoms with Crippen molar-refractivity contribution < 1.29 is 17.9 Å². The maximum Gasteiger partial charge on any atom is 0.264 e. The Morgan fingerprint density at radius 2 is 1.77 bits per heavy atom. The molecule has 0 saturated carbocycles. The van der Waals surface area contributed by atoms with Crippen molar-refractivity contribution in [2.75, 3.05) is 17.5 Å². The third-order valence-electron chi connectivity index (χ3n) is 4.28. The molecule has 1 amide bonds. The quantitative estimate of drug-likeness (QED) is 0.390. The van der Waals surface area contributed by atoms with Gasteiger partial charge in [0.15, 0.2) is 0 Å². The third-order valence-corrected chi connectivity index (χ3v) is 7.05. The summed E-state index contributed by atoms with van der Waals surface area (Å²) in [6.07, 6.45) is 0. The number of sulfonamides is 1. The van der Waals surface area contributed by atoms with E-state index in [-0.39, 0.29) is 4.90 Å². The van der Waals surface area contributed by atoms with Crippen molar-refractivity contribution in [2.45, 2.75) is 18.7 Å². The van der Waals surface area contributed by atoms with E-state index in [9.17, 15) is 13.2 Å². The van der Waals surface area contributed by atoms with Crippen LogP contribution in [0.3, 0.4) is 0 Å². The van der Waals surface area contributed by atoms with Crippen LogP contribution in [0.5, 0.6) is 5.75 Å². The number of hydrazone groups is 1. The number of nitrogens with one attached hydrogen (secondary N) is 1. The number of rotatable bonds is 9. The van der Waals surface area contributed by atoms with Gasteiger partial charge in [-0.05, 0) is 61.7 Å². The van der Waals surface area contributed by atoms with Crippen LogP contribution in [0.4, 0.5) is 5.69 Å². The Labute approximate surface area is 186 Å². The highest BCUT2D eigenvalue weighted by Gasteiger charge is 2.27. The Bertz CT molecular complexity index is 1130. The molecule has 7 nitrogen and oxygen atoms in total. The number of carbonyl (C=O) groups excluding carboxylic acids is 1. The van der Waals surface area contributed by atoms with Gasteiger partial charge in [0.25, 0.3) is 15.9 Å². The fraction of sp³-hybridized carbons (Fsp3) is 0.182. The predicted octanol–water partition coefficient (Wildman–Crippen LogP) is 3.88. The summed E-state index contributed by atoms with van der Waals surface area (Å²) in [5, 5.41) is 6.01. The average Bonchev–Trinajstić information content (AvgIpc) is 3.32. The highest BCUT2D eigenvalue weighted by Crippen LogP contribution is 2.25. The largest absolute Gasteiger partial charge is 0.494 e. The van der Waals surface area contributed by atoms with Crippen molar-refractivity contribution in [1.29, 1.82) is 0 Å². The van der Waals surface area contributed by atoms with Gasteiger partial charge in [-0.1, -0.05) is 24.3 Å². The molecule has 2 aromatic carbocycles. The molecule has 0 fully saturated rings. The van der Waals surface area contributed by atoms with Gasteiger partial charge < -0.3 is 4.74 Å². The Balaban J connectivity index is 1.87. The number of amides is 1. The number of ether oxygens (including phenoxy) is 1. The zero-order valence-electron chi connectivity index (χ0n) is 17.2. The zero-order chi connectivity index (χ0) is 22.3. The number of anilines is 1. The van der Waals surface area contributed by atoms with E-state index >= 15 is 0 Å². The monoisotopic (exact) mass is 457 g/mol. The van der Waals surface area contributed by atoms with E-state index in [4.69, 9.17) is 4.74 Å². The normalized spacial score (nSPS) is 11.7. The third kappa shape index (κ3) is 5.71. The highest BCUT2D eigenvalue weighted by atomic mass is 32.2. The molecule has 162 valence electrons. The summed E-state index contributed by atoms with van der Waals surface area (Å²) in [7, 11) is -3.97. The first kappa shape index (κ1) is 22.5. The summed E-state index contributed by atoms with van der Waals surface area (Å²) in [4.78, 5) is 13.6. The zero-order valence-corrected chi connectivity index (χ0v) is 18.8. The second kappa shape index (κ2) is 10.2. The van der Waals surface area contributed by atoms with Crippen LogP contribution in [0.1, 0.15) is 18.7 Å². The maximum atomic E-state index is 13.3. The van der Waals surface area contributed by atoms with Gasteiger partial charge in [-0.3, -0.25) is 9.10 Å². The van der Waals surface area contributed by atoms with Crippen LogP contribution in [0.2, 0.25) is 0 Å². The van der Waals surface area contributed by atoms with Crippen LogP contribution >= 0.6 is 11.3 Å². The summed E-state index contributed by atoms with van der Waals surface area (Å²) in [5.41, 5.74) is 3.44. The minimum Gasteiger partial charge on any atom is -0.494 e. The minimum atomic E-state index is -3.97. The fourth-order valence-electron chi connectivity index (χ4n) is 2.76. The van der Waals surface area contributed by atoms with E-state index in [2.05, 4.69) is 10.5 Å². The Morgan fingerprint density at radius 3 is 2.39 bits per heavy atom. The van der Waals surface area contributed by atoms with Crippen molar-refractivity contribution in [2.24, 2.45) is 5.10 Å². The molecule has 31 heavy (non-hydrogen) atoms. The van der Waals surface area contributed by atoms with Crippen molar-refractivity contribution >= 4 is 38.7 Å². The predicted molar refractivity (Wildman–Crippen MR) is 123 cm³/mol. The molecule has 0 aliphatic carbocycles. The first-order valence-electron chi connectivity index (χ1n) is 9.59. The van der Waals surface area contributed by atoms with Crippen LogP contribution in [-0.4, -0.2) is 33.2 Å². The van der Waals surface area contributed by atoms with Crippen LogP contribution in [-0.2, 0) is 14.8 Å². The van der Waals surface area contributed by atoms with Gasteiger partial charge >= 0.3 is 0 Å². The summed E-state index contributed by atoms with van der Waals surface area (Å²) in [6.45, 7) is 3.71. The summed E-state index contributed by atoms with van der Waals surface area (Å²) in [6, 6.07) is 18.3. The van der Waals surface area contributed by atoms with Crippen LogP contribution in [0.15, 0.2) is 82.1 Å². The first-order valence-corrected chi connectivity index (χ1v) is 11.9. The van der Waals surface area contributed by atoms with E-state index in [1.807, 2.05) is 24.4 Å². The Morgan fingerprint density at radius 1 is 1.06 bits per heavy atom. The molecule has 9 heteroatoms. The van der Waals surface area contributed by atoms with Gasteiger partial charge in [0, 0.05) is 4.88 Å². The van der Waals surface area contributed by atoms with Crippen LogP contribution < -0.4 is 14.5 Å². The molecule has 1 aromatic heterocycles. The van der Waals surface area contributed by atoms with Crippen LogP contribution in [0, 0.1) is 0 Å². The number of thiophene rings is 1. The molecule has 0 bridgehead atoms. The number of carbonyl (C=O) groups is 1. The van der Waals surface area contributed by atoms with E-state index in [0.29, 0.717) is 23.8 Å². The molecule has 0 aliphatic heterocycles. The summed E-state index contributed by atoms with van der Waals surface area (Å²) >= 11 is 1.50. The molecule has 0 spiro atoms. The summed E-state index contributed by atoms with van der Waals surface area (Å²) in [5.74, 6) is 0.0632. The Hall–Kier alpha value is -3.17. The minimum absolute atomic E-state index is 0.0925. The Kier molecular flexibility index (Phi) is 7.43. The molecule has 1 N–H and O–H groups in total. The molecule has 0 radical (unpaired) electrons. The van der Waals surface area contributed by atoms with Gasteiger partial charge in [-0.2, -0.15) is 5.10 Å². The summed E-state index contributed by atoms with van der Waals surface area (Å²) < 4.78 is 33.1. The lowest BCUT2D eigenvalue weighted by molar-refractivity contribution is -0.119. The van der Waals surface area contributed by atoms with E-state index in [0.717, 1.165) is 9.18 Å². The first-order chi connectivity index (χ1) is 14.9. The topological polar surface area (TPSA) is 88.1 Å². The average molecular weight is 458 g/mol. The van der Waals surface area contributed by atoms with Gasteiger partial charge in [-0.15, -0.1) is 11.3 Å². The SMILES string of the molecule is CCOc1ccc(N(CC(=O)N/N=C(/C)c2cccs2)S(=O)(=O)c2ccccc2)cc1. The number of hydrogen-bond acceptors (Lipinski definition) is 6. The lowest BCUT2D eigenvalue weighted by Crippen LogP contribution is -2.39. The number of benzene rings is 2.